The minimum atomic E-state index is -0.0421. The maximum absolute atomic E-state index is 5.39. The number of hydrogen-bond donors (Lipinski definition) is 0. The number of rotatable bonds is 7. The van der Waals surface area contributed by atoms with Gasteiger partial charge in [-0.3, -0.25) is 0 Å². The van der Waals surface area contributed by atoms with Crippen LogP contribution < -0.4 is 0 Å². The summed E-state index contributed by atoms with van der Waals surface area (Å²) in [4.78, 5) is 4.63. The predicted molar refractivity (Wildman–Crippen MR) is 61.8 cm³/mol. The van der Waals surface area contributed by atoms with Gasteiger partial charge in [-0.1, -0.05) is 6.92 Å². The molecule has 14 heavy (non-hydrogen) atoms. The maximum atomic E-state index is 5.39. The third-order valence-electron chi connectivity index (χ3n) is 2.61. The lowest BCUT2D eigenvalue weighted by molar-refractivity contribution is -0.00294. The zero-order valence-corrected chi connectivity index (χ0v) is 10.6. The van der Waals surface area contributed by atoms with Crippen molar-refractivity contribution in [3.63, 3.8) is 0 Å². The fraction of sp³-hybridized carbons (Fsp3) is 1.00. The normalized spacial score (nSPS) is 12.9. The van der Waals surface area contributed by atoms with Crippen LogP contribution in [0.2, 0.25) is 0 Å². The summed E-state index contributed by atoms with van der Waals surface area (Å²) in [6, 6.07) is 0. The van der Waals surface area contributed by atoms with E-state index >= 15 is 0 Å². The summed E-state index contributed by atoms with van der Waals surface area (Å²) in [7, 11) is 6.06. The Kier molecular flexibility index (Phi) is 6.33. The highest BCUT2D eigenvalue weighted by atomic mass is 16.5. The van der Waals surface area contributed by atoms with Crippen LogP contribution in [0.3, 0.4) is 0 Å². The van der Waals surface area contributed by atoms with Crippen LogP contribution in [0.1, 0.15) is 20.8 Å². The van der Waals surface area contributed by atoms with Gasteiger partial charge in [0.15, 0.2) is 0 Å². The third kappa shape index (κ3) is 6.35. The number of likely N-dealkylation sites (N-methyl/N-ethyl adjacent to an activating group) is 2. The van der Waals surface area contributed by atoms with Crippen molar-refractivity contribution in [3.8, 4) is 0 Å². The molecule has 0 amide bonds. The molecular weight excluding hydrogens is 176 g/mol. The van der Waals surface area contributed by atoms with Crippen molar-refractivity contribution in [1.29, 1.82) is 0 Å². The zero-order valence-electron chi connectivity index (χ0n) is 10.6. The van der Waals surface area contributed by atoms with Crippen molar-refractivity contribution < 1.29 is 4.74 Å². The molecule has 0 aromatic rings. The first kappa shape index (κ1) is 13.9. The quantitative estimate of drug-likeness (QED) is 0.619. The van der Waals surface area contributed by atoms with Crippen LogP contribution >= 0.6 is 0 Å². The second-order valence-electron chi connectivity index (χ2n) is 4.60. The third-order valence-corrected chi connectivity index (χ3v) is 2.61. The molecule has 0 heterocycles. The van der Waals surface area contributed by atoms with Crippen molar-refractivity contribution in [3.05, 3.63) is 0 Å². The molecule has 0 saturated carbocycles. The monoisotopic (exact) mass is 202 g/mol. The van der Waals surface area contributed by atoms with E-state index in [0.29, 0.717) is 0 Å². The zero-order chi connectivity index (χ0) is 11.2. The summed E-state index contributed by atoms with van der Waals surface area (Å²) in [6.45, 7) is 10.7. The first-order valence-electron chi connectivity index (χ1n) is 5.33. The van der Waals surface area contributed by atoms with Gasteiger partial charge >= 0.3 is 0 Å². The minimum Gasteiger partial charge on any atom is -0.377 e. The molecule has 0 rings (SSSR count). The number of hydrogen-bond acceptors (Lipinski definition) is 3. The SMILES string of the molecule is CCN(C)CCN(C)CC(C)(C)OC. The molecule has 0 radical (unpaired) electrons. The molecule has 0 aliphatic heterocycles. The summed E-state index contributed by atoms with van der Waals surface area (Å²) in [5.74, 6) is 0. The maximum Gasteiger partial charge on any atom is 0.0748 e. The topological polar surface area (TPSA) is 15.7 Å². The average molecular weight is 202 g/mol. The van der Waals surface area contributed by atoms with Crippen molar-refractivity contribution in [2.45, 2.75) is 26.4 Å². The second kappa shape index (κ2) is 6.38. The molecule has 0 atom stereocenters. The van der Waals surface area contributed by atoms with Crippen LogP contribution in [-0.4, -0.2) is 62.8 Å². The molecule has 0 aromatic heterocycles. The molecule has 86 valence electrons. The van der Waals surface area contributed by atoms with Crippen molar-refractivity contribution in [2.24, 2.45) is 0 Å². The fourth-order valence-corrected chi connectivity index (χ4v) is 1.29. The first-order valence-corrected chi connectivity index (χ1v) is 5.33. The summed E-state index contributed by atoms with van der Waals surface area (Å²) in [5.41, 5.74) is -0.0421. The van der Waals surface area contributed by atoms with Crippen LogP contribution in [0, 0.1) is 0 Å². The molecule has 0 saturated heterocycles. The lowest BCUT2D eigenvalue weighted by Gasteiger charge is -2.30. The van der Waals surface area contributed by atoms with E-state index in [1.807, 2.05) is 0 Å². The molecule has 3 heteroatoms. The lowest BCUT2D eigenvalue weighted by atomic mass is 10.1. The first-order chi connectivity index (χ1) is 6.41. The largest absolute Gasteiger partial charge is 0.377 e. The van der Waals surface area contributed by atoms with Gasteiger partial charge in [-0.2, -0.15) is 0 Å². The van der Waals surface area contributed by atoms with Gasteiger partial charge in [0.1, 0.15) is 0 Å². The summed E-state index contributed by atoms with van der Waals surface area (Å²) < 4.78 is 5.39. The van der Waals surface area contributed by atoms with Crippen molar-refractivity contribution in [1.82, 2.24) is 9.80 Å². The van der Waals surface area contributed by atoms with Gasteiger partial charge in [0.25, 0.3) is 0 Å². The molecule has 0 fully saturated rings. The lowest BCUT2D eigenvalue weighted by Crippen LogP contribution is -2.41. The van der Waals surface area contributed by atoms with Gasteiger partial charge in [0, 0.05) is 26.7 Å². The van der Waals surface area contributed by atoms with Crippen molar-refractivity contribution in [2.75, 3.05) is 47.4 Å². The van der Waals surface area contributed by atoms with Crippen LogP contribution in [0.4, 0.5) is 0 Å². The van der Waals surface area contributed by atoms with Crippen LogP contribution in [-0.2, 0) is 4.74 Å². The Labute approximate surface area is 89.0 Å². The van der Waals surface area contributed by atoms with Gasteiger partial charge in [0.2, 0.25) is 0 Å². The van der Waals surface area contributed by atoms with Crippen LogP contribution in [0.15, 0.2) is 0 Å². The minimum absolute atomic E-state index is 0.0421. The smallest absolute Gasteiger partial charge is 0.0748 e. The van der Waals surface area contributed by atoms with Crippen LogP contribution in [0.5, 0.6) is 0 Å². The van der Waals surface area contributed by atoms with E-state index in [1.54, 1.807) is 7.11 Å². The van der Waals surface area contributed by atoms with E-state index in [1.165, 1.54) is 0 Å². The highest BCUT2D eigenvalue weighted by Crippen LogP contribution is 2.08. The Bertz CT molecular complexity index is 148. The Balaban J connectivity index is 3.70. The van der Waals surface area contributed by atoms with E-state index in [0.717, 1.165) is 26.2 Å². The summed E-state index contributed by atoms with van der Waals surface area (Å²) in [6.07, 6.45) is 0. The average Bonchev–Trinajstić information content (AvgIpc) is 2.13. The number of methoxy groups -OCH3 is 1. The van der Waals surface area contributed by atoms with Gasteiger partial charge in [-0.25, -0.2) is 0 Å². The molecular formula is C11H26N2O. The van der Waals surface area contributed by atoms with Gasteiger partial charge in [-0.15, -0.1) is 0 Å². The predicted octanol–water partition coefficient (Wildman–Crippen LogP) is 1.29. The molecule has 0 N–H and O–H groups in total. The summed E-state index contributed by atoms with van der Waals surface area (Å²) in [5, 5.41) is 0. The Morgan fingerprint density at radius 3 is 2.00 bits per heavy atom. The van der Waals surface area contributed by atoms with E-state index in [-0.39, 0.29) is 5.60 Å². The molecule has 0 aliphatic rings. The van der Waals surface area contributed by atoms with Gasteiger partial charge in [0.05, 0.1) is 5.60 Å². The van der Waals surface area contributed by atoms with E-state index in [9.17, 15) is 0 Å². The van der Waals surface area contributed by atoms with E-state index in [4.69, 9.17) is 4.74 Å². The molecule has 0 bridgehead atoms. The van der Waals surface area contributed by atoms with E-state index in [2.05, 4.69) is 44.7 Å². The second-order valence-corrected chi connectivity index (χ2v) is 4.60. The van der Waals surface area contributed by atoms with Gasteiger partial charge < -0.3 is 14.5 Å². The Morgan fingerprint density at radius 1 is 1.07 bits per heavy atom. The van der Waals surface area contributed by atoms with Crippen molar-refractivity contribution >= 4 is 0 Å². The Hall–Kier alpha value is -0.120. The molecule has 0 unspecified atom stereocenters. The highest BCUT2D eigenvalue weighted by molar-refractivity contribution is 4.72. The van der Waals surface area contributed by atoms with E-state index < -0.39 is 0 Å². The highest BCUT2D eigenvalue weighted by Gasteiger charge is 2.18. The van der Waals surface area contributed by atoms with Gasteiger partial charge in [-0.05, 0) is 34.5 Å². The number of ether oxygens (including phenoxy) is 1. The number of nitrogens with zero attached hydrogens (tertiary/aromatic N) is 2. The Morgan fingerprint density at radius 2 is 1.57 bits per heavy atom. The molecule has 0 aromatic carbocycles. The molecule has 0 spiro atoms. The molecule has 0 aliphatic carbocycles. The fourth-order valence-electron chi connectivity index (χ4n) is 1.29. The molecule has 3 nitrogen and oxygen atoms in total. The standard InChI is InChI=1S/C11H26N2O/c1-7-12(4)8-9-13(5)10-11(2,3)14-6/h7-10H2,1-6H3. The van der Waals surface area contributed by atoms with Crippen LogP contribution in [0.25, 0.3) is 0 Å². The summed E-state index contributed by atoms with van der Waals surface area (Å²) >= 11 is 0.